The number of nitrogens with one attached hydrogen (secondary N) is 2. The van der Waals surface area contributed by atoms with E-state index in [9.17, 15) is 19.2 Å². The normalized spacial score (nSPS) is 12.2. The van der Waals surface area contributed by atoms with Gasteiger partial charge < -0.3 is 15.1 Å². The molecule has 0 fully saturated rings. The number of carbonyl (C=O) groups is 2. The molecule has 0 aliphatic heterocycles. The Kier molecular flexibility index (Phi) is 7.31. The van der Waals surface area contributed by atoms with Crippen molar-refractivity contribution < 1.29 is 18.4 Å². The topological polar surface area (TPSA) is 95.1 Å². The molecule has 166 valence electrons. The van der Waals surface area contributed by atoms with E-state index in [0.717, 1.165) is 0 Å². The van der Waals surface area contributed by atoms with Gasteiger partial charge >= 0.3 is 0 Å². The van der Waals surface area contributed by atoms with E-state index in [1.54, 1.807) is 50.2 Å². The van der Waals surface area contributed by atoms with Gasteiger partial charge in [-0.15, -0.1) is 0 Å². The van der Waals surface area contributed by atoms with E-state index >= 15 is 0 Å². The van der Waals surface area contributed by atoms with Crippen LogP contribution in [0.2, 0.25) is 0 Å². The third kappa shape index (κ3) is 4.53. The first-order valence-electron chi connectivity index (χ1n) is 10.3. The molecule has 1 atom stereocenters. The average molecular weight is 500 g/mol. The second-order valence-electron chi connectivity index (χ2n) is 7.42. The van der Waals surface area contributed by atoms with E-state index < -0.39 is 29.1 Å². The SMILES string of the molecule is CCC(C#N)(CC)C(=O)NCC(NC(=O)c1coc2cccc(Br)c12)c1ccccc1F. The molecule has 0 saturated carbocycles. The Bertz CT molecular complexity index is 1180. The van der Waals surface area contributed by atoms with Crippen LogP contribution in [0.25, 0.3) is 11.0 Å². The molecule has 2 aromatic carbocycles. The van der Waals surface area contributed by atoms with Crippen LogP contribution < -0.4 is 10.6 Å². The van der Waals surface area contributed by atoms with Crippen molar-refractivity contribution in [2.75, 3.05) is 6.54 Å². The summed E-state index contributed by atoms with van der Waals surface area (Å²) in [5.41, 5.74) is -0.128. The highest BCUT2D eigenvalue weighted by atomic mass is 79.9. The molecule has 0 bridgehead atoms. The molecule has 1 unspecified atom stereocenters. The molecular weight excluding hydrogens is 477 g/mol. The number of hydrogen-bond donors (Lipinski definition) is 2. The lowest BCUT2D eigenvalue weighted by Gasteiger charge is -2.25. The standard InChI is InChI=1S/C24H23BrFN3O3/c1-3-24(4-2,14-27)23(31)28-12-19(15-8-5-6-10-18(15)26)29-22(30)16-13-32-20-11-7-9-17(25)21(16)20/h5-11,13,19H,3-4,12H2,1-2H3,(H,28,31)(H,29,30). The van der Waals surface area contributed by atoms with Crippen LogP contribution in [-0.4, -0.2) is 18.4 Å². The second-order valence-corrected chi connectivity index (χ2v) is 8.28. The number of carbonyl (C=O) groups excluding carboxylic acids is 2. The van der Waals surface area contributed by atoms with Crippen LogP contribution in [0.3, 0.4) is 0 Å². The second kappa shape index (κ2) is 9.96. The van der Waals surface area contributed by atoms with Gasteiger partial charge in [-0.2, -0.15) is 5.26 Å². The predicted molar refractivity (Wildman–Crippen MR) is 122 cm³/mol. The van der Waals surface area contributed by atoms with Crippen molar-refractivity contribution in [3.05, 3.63) is 70.1 Å². The van der Waals surface area contributed by atoms with Crippen LogP contribution in [0.15, 0.2) is 57.6 Å². The molecule has 0 radical (unpaired) electrons. The van der Waals surface area contributed by atoms with Gasteiger partial charge in [-0.25, -0.2) is 4.39 Å². The van der Waals surface area contributed by atoms with Gasteiger partial charge in [0.2, 0.25) is 5.91 Å². The van der Waals surface area contributed by atoms with Gasteiger partial charge in [-0.05, 0) is 31.0 Å². The zero-order valence-electron chi connectivity index (χ0n) is 17.7. The molecule has 6 nitrogen and oxygen atoms in total. The highest BCUT2D eigenvalue weighted by Gasteiger charge is 2.35. The molecule has 2 amide bonds. The average Bonchev–Trinajstić information content (AvgIpc) is 3.24. The Hall–Kier alpha value is -3.18. The zero-order chi connectivity index (χ0) is 23.3. The summed E-state index contributed by atoms with van der Waals surface area (Å²) in [6.07, 6.45) is 2.03. The Morgan fingerprint density at radius 3 is 2.56 bits per heavy atom. The number of rotatable bonds is 8. The minimum Gasteiger partial charge on any atom is -0.463 e. The summed E-state index contributed by atoms with van der Waals surface area (Å²) in [7, 11) is 0. The molecule has 3 rings (SSSR count). The number of halogens is 2. The van der Waals surface area contributed by atoms with Crippen LogP contribution in [-0.2, 0) is 4.79 Å². The molecule has 1 heterocycles. The fourth-order valence-electron chi connectivity index (χ4n) is 3.59. The van der Waals surface area contributed by atoms with Crippen molar-refractivity contribution in [3.63, 3.8) is 0 Å². The van der Waals surface area contributed by atoms with Crippen LogP contribution in [0.4, 0.5) is 4.39 Å². The molecule has 0 aliphatic carbocycles. The lowest BCUT2D eigenvalue weighted by atomic mass is 9.83. The molecule has 3 aromatic rings. The van der Waals surface area contributed by atoms with Gasteiger partial charge in [-0.1, -0.05) is 54.0 Å². The van der Waals surface area contributed by atoms with E-state index in [1.165, 1.54) is 12.3 Å². The van der Waals surface area contributed by atoms with E-state index in [4.69, 9.17) is 4.42 Å². The molecule has 8 heteroatoms. The highest BCUT2D eigenvalue weighted by molar-refractivity contribution is 9.10. The molecular formula is C24H23BrFN3O3. The molecule has 0 aliphatic rings. The number of nitrogens with zero attached hydrogens (tertiary/aromatic N) is 1. The van der Waals surface area contributed by atoms with Crippen molar-refractivity contribution >= 4 is 38.7 Å². The maximum atomic E-state index is 14.6. The summed E-state index contributed by atoms with van der Waals surface area (Å²) in [6.45, 7) is 3.46. The first-order chi connectivity index (χ1) is 15.4. The molecule has 2 N–H and O–H groups in total. The minimum atomic E-state index is -1.17. The zero-order valence-corrected chi connectivity index (χ0v) is 19.3. The van der Waals surface area contributed by atoms with Crippen LogP contribution >= 0.6 is 15.9 Å². The van der Waals surface area contributed by atoms with Crippen molar-refractivity contribution in [3.8, 4) is 6.07 Å². The van der Waals surface area contributed by atoms with E-state index in [2.05, 4.69) is 32.6 Å². The number of nitriles is 1. The fourth-order valence-corrected chi connectivity index (χ4v) is 4.15. The smallest absolute Gasteiger partial charge is 0.255 e. The number of amides is 2. The summed E-state index contributed by atoms with van der Waals surface area (Å²) in [4.78, 5) is 25.8. The Labute approximate surface area is 193 Å². The molecule has 1 aromatic heterocycles. The van der Waals surface area contributed by atoms with E-state index in [-0.39, 0.29) is 17.7 Å². The number of hydrogen-bond acceptors (Lipinski definition) is 4. The summed E-state index contributed by atoms with van der Waals surface area (Å²) in [5.74, 6) is -1.43. The third-order valence-electron chi connectivity index (χ3n) is 5.70. The third-order valence-corrected chi connectivity index (χ3v) is 6.36. The Balaban J connectivity index is 1.89. The van der Waals surface area contributed by atoms with Crippen molar-refractivity contribution in [2.24, 2.45) is 5.41 Å². The summed E-state index contributed by atoms with van der Waals surface area (Å²) >= 11 is 3.43. The van der Waals surface area contributed by atoms with Gasteiger partial charge in [0.05, 0.1) is 17.7 Å². The van der Waals surface area contributed by atoms with Crippen molar-refractivity contribution in [1.82, 2.24) is 10.6 Å². The number of benzene rings is 2. The van der Waals surface area contributed by atoms with Crippen LogP contribution in [0.1, 0.15) is 48.7 Å². The van der Waals surface area contributed by atoms with Gasteiger partial charge in [0.1, 0.15) is 23.1 Å². The highest BCUT2D eigenvalue weighted by Crippen LogP contribution is 2.30. The Morgan fingerprint density at radius 2 is 1.91 bits per heavy atom. The fraction of sp³-hybridized carbons (Fsp3) is 0.292. The number of furan rings is 1. The van der Waals surface area contributed by atoms with Gasteiger partial charge in [-0.3, -0.25) is 9.59 Å². The Morgan fingerprint density at radius 1 is 1.19 bits per heavy atom. The van der Waals surface area contributed by atoms with Crippen molar-refractivity contribution in [2.45, 2.75) is 32.7 Å². The summed E-state index contributed by atoms with van der Waals surface area (Å²) in [5, 5.41) is 15.6. The monoisotopic (exact) mass is 499 g/mol. The largest absolute Gasteiger partial charge is 0.463 e. The first-order valence-corrected chi connectivity index (χ1v) is 11.1. The maximum Gasteiger partial charge on any atom is 0.255 e. The quantitative estimate of drug-likeness (QED) is 0.442. The van der Waals surface area contributed by atoms with Crippen LogP contribution in [0.5, 0.6) is 0 Å². The summed E-state index contributed by atoms with van der Waals surface area (Å²) < 4.78 is 20.7. The van der Waals surface area contributed by atoms with Gasteiger partial charge in [0.25, 0.3) is 5.91 Å². The van der Waals surface area contributed by atoms with Gasteiger partial charge in [0, 0.05) is 22.0 Å². The molecule has 32 heavy (non-hydrogen) atoms. The summed E-state index contributed by atoms with van der Waals surface area (Å²) in [6, 6.07) is 12.6. The lowest BCUT2D eigenvalue weighted by molar-refractivity contribution is -0.128. The first kappa shape index (κ1) is 23.5. The predicted octanol–water partition coefficient (Wildman–Crippen LogP) is 5.25. The van der Waals surface area contributed by atoms with Gasteiger partial charge in [0.15, 0.2) is 0 Å². The molecule has 0 saturated heterocycles. The molecule has 0 spiro atoms. The number of fused-ring (bicyclic) bond motifs is 1. The minimum absolute atomic E-state index is 0.0775. The lowest BCUT2D eigenvalue weighted by Crippen LogP contribution is -2.44. The van der Waals surface area contributed by atoms with Crippen LogP contribution in [0, 0.1) is 22.6 Å². The maximum absolute atomic E-state index is 14.6. The van der Waals surface area contributed by atoms with E-state index in [1.807, 2.05) is 0 Å². The van der Waals surface area contributed by atoms with E-state index in [0.29, 0.717) is 28.3 Å². The van der Waals surface area contributed by atoms with Crippen molar-refractivity contribution in [1.29, 1.82) is 5.26 Å².